The highest BCUT2D eigenvalue weighted by Crippen LogP contribution is 2.31. The summed E-state index contributed by atoms with van der Waals surface area (Å²) >= 11 is 0. The van der Waals surface area contributed by atoms with E-state index >= 15 is 0 Å². The van der Waals surface area contributed by atoms with Crippen molar-refractivity contribution in [2.75, 3.05) is 36.5 Å². The maximum atomic E-state index is 5.46. The maximum Gasteiger partial charge on any atom is 0.0765 e. The van der Waals surface area contributed by atoms with Crippen LogP contribution in [0.1, 0.15) is 0 Å². The average Bonchev–Trinajstić information content (AvgIpc) is 2.29. The van der Waals surface area contributed by atoms with Crippen molar-refractivity contribution in [3.8, 4) is 0 Å². The molecular weight excluding hydrogens is 178 g/mol. The first-order valence-corrected chi connectivity index (χ1v) is 4.97. The van der Waals surface area contributed by atoms with Crippen LogP contribution in [-0.2, 0) is 4.74 Å². The van der Waals surface area contributed by atoms with Crippen LogP contribution in [0.25, 0.3) is 0 Å². The summed E-state index contributed by atoms with van der Waals surface area (Å²) in [7, 11) is 0. The summed E-state index contributed by atoms with van der Waals surface area (Å²) in [6, 6.07) is 2.55. The molecule has 0 saturated carbocycles. The van der Waals surface area contributed by atoms with Gasteiger partial charge >= 0.3 is 0 Å². The van der Waals surface area contributed by atoms with Gasteiger partial charge in [-0.25, -0.2) is 0 Å². The summed E-state index contributed by atoms with van der Waals surface area (Å²) in [5.41, 5.74) is 2.41. The topological polar surface area (TPSA) is 37.4 Å². The minimum Gasteiger partial charge on any atom is -0.380 e. The number of ether oxygens (including phenoxy) is 1. The molecule has 1 aromatic heterocycles. The van der Waals surface area contributed by atoms with Crippen molar-refractivity contribution in [2.24, 2.45) is 0 Å². The summed E-state index contributed by atoms with van der Waals surface area (Å²) < 4.78 is 5.46. The third-order valence-electron chi connectivity index (χ3n) is 2.86. The zero-order chi connectivity index (χ0) is 9.38. The monoisotopic (exact) mass is 191 g/mol. The number of hydrogen-bond donors (Lipinski definition) is 1. The molecule has 0 aliphatic carbocycles. The Balaban J connectivity index is 1.99. The van der Waals surface area contributed by atoms with E-state index in [1.54, 1.807) is 0 Å². The summed E-state index contributed by atoms with van der Waals surface area (Å²) in [5.74, 6) is 0. The Kier molecular flexibility index (Phi) is 1.80. The number of rotatable bonds is 0. The van der Waals surface area contributed by atoms with E-state index in [4.69, 9.17) is 4.74 Å². The quantitative estimate of drug-likeness (QED) is 0.655. The van der Waals surface area contributed by atoms with Crippen molar-refractivity contribution in [1.82, 2.24) is 4.98 Å². The highest BCUT2D eigenvalue weighted by atomic mass is 16.5. The van der Waals surface area contributed by atoms with Gasteiger partial charge in [-0.05, 0) is 6.07 Å². The maximum absolute atomic E-state index is 5.46. The average molecular weight is 191 g/mol. The van der Waals surface area contributed by atoms with E-state index in [9.17, 15) is 0 Å². The van der Waals surface area contributed by atoms with E-state index in [1.165, 1.54) is 5.69 Å². The zero-order valence-corrected chi connectivity index (χ0v) is 7.94. The van der Waals surface area contributed by atoms with Crippen LogP contribution in [0, 0.1) is 0 Å². The lowest BCUT2D eigenvalue weighted by atomic mass is 10.1. The van der Waals surface area contributed by atoms with Gasteiger partial charge in [-0.15, -0.1) is 0 Å². The molecule has 3 heterocycles. The number of morpholine rings is 1. The fourth-order valence-corrected chi connectivity index (χ4v) is 2.14. The number of nitrogens with zero attached hydrogens (tertiary/aromatic N) is 2. The van der Waals surface area contributed by atoms with Gasteiger partial charge in [0.25, 0.3) is 0 Å². The van der Waals surface area contributed by atoms with Crippen LogP contribution in [0.4, 0.5) is 11.4 Å². The Morgan fingerprint density at radius 1 is 1.57 bits per heavy atom. The number of pyridine rings is 1. The lowest BCUT2D eigenvalue weighted by Crippen LogP contribution is -2.51. The molecule has 1 atom stereocenters. The van der Waals surface area contributed by atoms with Gasteiger partial charge in [0.05, 0.1) is 36.8 Å². The van der Waals surface area contributed by atoms with Crippen LogP contribution in [0.3, 0.4) is 0 Å². The smallest absolute Gasteiger partial charge is 0.0765 e. The number of hydrogen-bond acceptors (Lipinski definition) is 4. The fourth-order valence-electron chi connectivity index (χ4n) is 2.14. The van der Waals surface area contributed by atoms with E-state index in [1.807, 2.05) is 12.4 Å². The van der Waals surface area contributed by atoms with E-state index in [2.05, 4.69) is 21.3 Å². The second-order valence-corrected chi connectivity index (χ2v) is 3.70. The van der Waals surface area contributed by atoms with Gasteiger partial charge in [0, 0.05) is 19.3 Å². The molecule has 0 radical (unpaired) electrons. The third kappa shape index (κ3) is 1.14. The second kappa shape index (κ2) is 3.13. The van der Waals surface area contributed by atoms with E-state index < -0.39 is 0 Å². The Hall–Kier alpha value is -1.29. The Morgan fingerprint density at radius 3 is 3.57 bits per heavy atom. The van der Waals surface area contributed by atoms with Gasteiger partial charge in [0.1, 0.15) is 0 Å². The Morgan fingerprint density at radius 2 is 2.57 bits per heavy atom. The lowest BCUT2D eigenvalue weighted by Gasteiger charge is -2.41. The number of anilines is 2. The van der Waals surface area contributed by atoms with Crippen LogP contribution in [0.5, 0.6) is 0 Å². The standard InChI is InChI=1S/C10H13N3O/c1-2-11-6-9-10(1)13-3-4-14-7-8(13)5-12-9/h1-2,6,8,12H,3-5,7H2. The zero-order valence-electron chi connectivity index (χ0n) is 7.94. The van der Waals surface area contributed by atoms with Crippen LogP contribution in [-0.4, -0.2) is 37.3 Å². The van der Waals surface area contributed by atoms with Gasteiger partial charge in [-0.3, -0.25) is 4.98 Å². The Bertz CT molecular complexity index is 342. The molecule has 14 heavy (non-hydrogen) atoms. The van der Waals surface area contributed by atoms with Gasteiger partial charge < -0.3 is 15.0 Å². The van der Waals surface area contributed by atoms with Crippen LogP contribution in [0.15, 0.2) is 18.5 Å². The summed E-state index contributed by atoms with van der Waals surface area (Å²) in [6.45, 7) is 3.61. The first kappa shape index (κ1) is 8.05. The first-order chi connectivity index (χ1) is 6.95. The number of fused-ring (bicyclic) bond motifs is 3. The largest absolute Gasteiger partial charge is 0.380 e. The van der Waals surface area contributed by atoms with Gasteiger partial charge in [0.15, 0.2) is 0 Å². The first-order valence-electron chi connectivity index (χ1n) is 4.97. The molecule has 0 bridgehead atoms. The second-order valence-electron chi connectivity index (χ2n) is 3.70. The van der Waals surface area contributed by atoms with Crippen LogP contribution >= 0.6 is 0 Å². The lowest BCUT2D eigenvalue weighted by molar-refractivity contribution is 0.0964. The molecule has 2 aliphatic rings. The van der Waals surface area contributed by atoms with Crippen molar-refractivity contribution in [3.63, 3.8) is 0 Å². The predicted molar refractivity (Wildman–Crippen MR) is 54.7 cm³/mol. The van der Waals surface area contributed by atoms with Crippen molar-refractivity contribution >= 4 is 11.4 Å². The summed E-state index contributed by atoms with van der Waals surface area (Å²) in [4.78, 5) is 6.53. The molecule has 1 fully saturated rings. The molecule has 3 rings (SSSR count). The van der Waals surface area contributed by atoms with Crippen molar-refractivity contribution in [1.29, 1.82) is 0 Å². The van der Waals surface area contributed by atoms with Gasteiger partial charge in [0.2, 0.25) is 0 Å². The van der Waals surface area contributed by atoms with Gasteiger partial charge in [-0.1, -0.05) is 0 Å². The molecule has 4 heteroatoms. The van der Waals surface area contributed by atoms with Crippen LogP contribution < -0.4 is 10.2 Å². The number of nitrogens with one attached hydrogen (secondary N) is 1. The highest BCUT2D eigenvalue weighted by Gasteiger charge is 2.28. The molecule has 0 aromatic carbocycles. The van der Waals surface area contributed by atoms with Gasteiger partial charge in [-0.2, -0.15) is 0 Å². The van der Waals surface area contributed by atoms with E-state index in [0.29, 0.717) is 6.04 Å². The van der Waals surface area contributed by atoms with Crippen LogP contribution in [0.2, 0.25) is 0 Å². The fraction of sp³-hybridized carbons (Fsp3) is 0.500. The number of aromatic nitrogens is 1. The van der Waals surface area contributed by atoms with Crippen molar-refractivity contribution in [3.05, 3.63) is 18.5 Å². The molecule has 2 aliphatic heterocycles. The molecule has 1 N–H and O–H groups in total. The van der Waals surface area contributed by atoms with E-state index in [-0.39, 0.29) is 0 Å². The van der Waals surface area contributed by atoms with Crippen molar-refractivity contribution in [2.45, 2.75) is 6.04 Å². The summed E-state index contributed by atoms with van der Waals surface area (Å²) in [5, 5.41) is 3.38. The predicted octanol–water partition coefficient (Wildman–Crippen LogP) is 0.712. The highest BCUT2D eigenvalue weighted by molar-refractivity contribution is 5.71. The van der Waals surface area contributed by atoms with Crippen molar-refractivity contribution < 1.29 is 4.74 Å². The molecule has 0 spiro atoms. The normalized spacial score (nSPS) is 24.9. The molecule has 74 valence electrons. The molecule has 1 unspecified atom stereocenters. The minimum absolute atomic E-state index is 0.485. The minimum atomic E-state index is 0.485. The Labute approximate surface area is 82.9 Å². The molecular formula is C10H13N3O. The SMILES string of the molecule is c1cc2c(cn1)NCC1COCCN21. The molecule has 4 nitrogen and oxygen atoms in total. The molecule has 1 aromatic rings. The third-order valence-corrected chi connectivity index (χ3v) is 2.86. The molecule has 1 saturated heterocycles. The molecule has 0 amide bonds. The summed E-state index contributed by atoms with van der Waals surface area (Å²) in [6.07, 6.45) is 3.74. The van der Waals surface area contributed by atoms with E-state index in [0.717, 1.165) is 32.0 Å².